The van der Waals surface area contributed by atoms with Gasteiger partial charge >= 0.3 is 0 Å². The lowest BCUT2D eigenvalue weighted by Crippen LogP contribution is -2.24. The second kappa shape index (κ2) is 6.53. The smallest absolute Gasteiger partial charge is 0.110 e. The Hall–Kier alpha value is -1.61. The van der Waals surface area contributed by atoms with E-state index in [9.17, 15) is 0 Å². The number of hydrogen-bond donors (Lipinski definition) is 1. The van der Waals surface area contributed by atoms with Crippen LogP contribution in [0, 0.1) is 0 Å². The van der Waals surface area contributed by atoms with Gasteiger partial charge in [-0.2, -0.15) is 0 Å². The van der Waals surface area contributed by atoms with Gasteiger partial charge in [0.05, 0.1) is 11.0 Å². The summed E-state index contributed by atoms with van der Waals surface area (Å²) in [6.45, 7) is 9.95. The first-order chi connectivity index (χ1) is 9.27. The molecule has 0 spiro atoms. The summed E-state index contributed by atoms with van der Waals surface area (Å²) in [5.41, 5.74) is 2.33. The predicted molar refractivity (Wildman–Crippen MR) is 81.5 cm³/mol. The Balaban J connectivity index is 2.32. The van der Waals surface area contributed by atoms with Gasteiger partial charge in [-0.3, -0.25) is 0 Å². The van der Waals surface area contributed by atoms with Crippen molar-refractivity contribution in [3.8, 4) is 0 Å². The third kappa shape index (κ3) is 3.04. The summed E-state index contributed by atoms with van der Waals surface area (Å²) >= 11 is 0. The van der Waals surface area contributed by atoms with Crippen molar-refractivity contribution in [3.05, 3.63) is 42.7 Å². The van der Waals surface area contributed by atoms with Gasteiger partial charge < -0.3 is 9.88 Å². The monoisotopic (exact) mass is 257 g/mol. The average Bonchev–Trinajstić information content (AvgIpc) is 2.77. The second-order valence-electron chi connectivity index (χ2n) is 4.93. The average molecular weight is 257 g/mol. The first kappa shape index (κ1) is 13.8. The summed E-state index contributed by atoms with van der Waals surface area (Å²) < 4.78 is 2.37. The molecule has 2 rings (SSSR count). The molecule has 0 radical (unpaired) electrons. The van der Waals surface area contributed by atoms with Gasteiger partial charge in [0.15, 0.2) is 0 Å². The van der Waals surface area contributed by atoms with Crippen LogP contribution in [-0.2, 0) is 6.42 Å². The maximum Gasteiger partial charge on any atom is 0.110 e. The van der Waals surface area contributed by atoms with Crippen molar-refractivity contribution in [2.24, 2.45) is 0 Å². The zero-order valence-corrected chi connectivity index (χ0v) is 11.9. The van der Waals surface area contributed by atoms with E-state index in [0.717, 1.165) is 31.4 Å². The van der Waals surface area contributed by atoms with E-state index in [-0.39, 0.29) is 0 Å². The summed E-state index contributed by atoms with van der Waals surface area (Å²) in [7, 11) is 0. The number of para-hydroxylation sites is 2. The van der Waals surface area contributed by atoms with Gasteiger partial charge in [0.1, 0.15) is 5.82 Å². The number of aryl methyl sites for hydroxylation is 1. The van der Waals surface area contributed by atoms with Crippen LogP contribution in [0.4, 0.5) is 0 Å². The summed E-state index contributed by atoms with van der Waals surface area (Å²) in [4.78, 5) is 4.77. The minimum absolute atomic E-state index is 0.397. The lowest BCUT2D eigenvalue weighted by molar-refractivity contribution is 0.500. The normalized spacial score (nSPS) is 12.7. The summed E-state index contributed by atoms with van der Waals surface area (Å²) in [5, 5.41) is 3.39. The van der Waals surface area contributed by atoms with Gasteiger partial charge in [-0.25, -0.2) is 4.98 Å². The third-order valence-corrected chi connectivity index (χ3v) is 3.31. The van der Waals surface area contributed by atoms with Crippen LogP contribution in [0.1, 0.15) is 32.1 Å². The largest absolute Gasteiger partial charge is 0.324 e. The molecule has 0 amide bonds. The maximum atomic E-state index is 4.77. The summed E-state index contributed by atoms with van der Waals surface area (Å²) in [6, 6.07) is 8.78. The van der Waals surface area contributed by atoms with Crippen LogP contribution in [0.2, 0.25) is 0 Å². The molecule has 1 atom stereocenters. The van der Waals surface area contributed by atoms with Crippen LogP contribution in [0.15, 0.2) is 36.9 Å². The zero-order valence-electron chi connectivity index (χ0n) is 11.9. The van der Waals surface area contributed by atoms with E-state index in [1.807, 2.05) is 6.08 Å². The molecule has 0 bridgehead atoms. The van der Waals surface area contributed by atoms with Gasteiger partial charge in [-0.1, -0.05) is 25.1 Å². The molecule has 0 aliphatic heterocycles. The Kier molecular flexibility index (Phi) is 4.74. The van der Waals surface area contributed by atoms with E-state index in [1.54, 1.807) is 0 Å². The van der Waals surface area contributed by atoms with Gasteiger partial charge in [0.25, 0.3) is 0 Å². The van der Waals surface area contributed by atoms with Crippen LogP contribution in [0.5, 0.6) is 0 Å². The number of rotatable bonds is 7. The Morgan fingerprint density at radius 2 is 2.21 bits per heavy atom. The highest BCUT2D eigenvalue weighted by Gasteiger charge is 2.14. The van der Waals surface area contributed by atoms with Crippen LogP contribution in [0.25, 0.3) is 11.0 Å². The molecule has 1 unspecified atom stereocenters. The molecule has 0 saturated carbocycles. The first-order valence-corrected chi connectivity index (χ1v) is 7.05. The molecule has 1 aromatic carbocycles. The highest BCUT2D eigenvalue weighted by Crippen LogP contribution is 2.21. The van der Waals surface area contributed by atoms with Crippen LogP contribution < -0.4 is 5.32 Å². The number of imidazole rings is 1. The molecule has 19 heavy (non-hydrogen) atoms. The lowest BCUT2D eigenvalue weighted by atomic mass is 10.2. The summed E-state index contributed by atoms with van der Waals surface area (Å²) in [6.07, 6.45) is 4.04. The van der Waals surface area contributed by atoms with E-state index in [1.165, 1.54) is 11.3 Å². The van der Waals surface area contributed by atoms with E-state index >= 15 is 0 Å². The van der Waals surface area contributed by atoms with Gasteiger partial charge in [-0.15, -0.1) is 6.58 Å². The molecule has 0 aliphatic rings. The lowest BCUT2D eigenvalue weighted by Gasteiger charge is -2.18. The van der Waals surface area contributed by atoms with Crippen LogP contribution in [0.3, 0.4) is 0 Å². The Morgan fingerprint density at radius 3 is 2.95 bits per heavy atom. The van der Waals surface area contributed by atoms with Crippen molar-refractivity contribution in [1.82, 2.24) is 14.9 Å². The highest BCUT2D eigenvalue weighted by atomic mass is 15.1. The molecule has 1 heterocycles. The second-order valence-corrected chi connectivity index (χ2v) is 4.93. The molecule has 102 valence electrons. The SMILES string of the molecule is C=CCNCC(C)n1c(CCC)nc2ccccc21. The minimum atomic E-state index is 0.397. The van der Waals surface area contributed by atoms with Crippen LogP contribution in [-0.4, -0.2) is 22.6 Å². The standard InChI is InChI=1S/C16H23N3/c1-4-8-16-18-14-9-6-7-10-15(14)19(16)13(3)12-17-11-5-2/h5-7,9-10,13,17H,2,4,8,11-12H2,1,3H3. The molecular weight excluding hydrogens is 234 g/mol. The molecule has 0 aliphatic carbocycles. The van der Waals surface area contributed by atoms with Crippen molar-refractivity contribution < 1.29 is 0 Å². The molecule has 0 saturated heterocycles. The van der Waals surface area contributed by atoms with Crippen molar-refractivity contribution in [2.75, 3.05) is 13.1 Å². The Bertz CT molecular complexity index is 542. The van der Waals surface area contributed by atoms with Crippen molar-refractivity contribution >= 4 is 11.0 Å². The molecule has 3 heteroatoms. The zero-order chi connectivity index (χ0) is 13.7. The van der Waals surface area contributed by atoms with Gasteiger partial charge in [0, 0.05) is 25.6 Å². The van der Waals surface area contributed by atoms with Crippen molar-refractivity contribution in [2.45, 2.75) is 32.7 Å². The maximum absolute atomic E-state index is 4.77. The minimum Gasteiger partial charge on any atom is -0.324 e. The number of fused-ring (bicyclic) bond motifs is 1. The fourth-order valence-corrected chi connectivity index (χ4v) is 2.47. The molecule has 1 N–H and O–H groups in total. The van der Waals surface area contributed by atoms with Crippen LogP contribution >= 0.6 is 0 Å². The molecule has 1 aromatic heterocycles. The van der Waals surface area contributed by atoms with E-state index in [0.29, 0.717) is 6.04 Å². The van der Waals surface area contributed by atoms with Crippen molar-refractivity contribution in [1.29, 1.82) is 0 Å². The van der Waals surface area contributed by atoms with E-state index in [4.69, 9.17) is 4.98 Å². The predicted octanol–water partition coefficient (Wildman–Crippen LogP) is 3.33. The molecule has 0 fully saturated rings. The Labute approximate surface area is 115 Å². The van der Waals surface area contributed by atoms with Gasteiger partial charge in [0.2, 0.25) is 0 Å². The summed E-state index contributed by atoms with van der Waals surface area (Å²) in [5.74, 6) is 1.19. The quantitative estimate of drug-likeness (QED) is 0.609. The number of benzene rings is 1. The van der Waals surface area contributed by atoms with Gasteiger partial charge in [-0.05, 0) is 25.5 Å². The van der Waals surface area contributed by atoms with Crippen molar-refractivity contribution in [3.63, 3.8) is 0 Å². The first-order valence-electron chi connectivity index (χ1n) is 7.05. The number of aromatic nitrogens is 2. The number of nitrogens with one attached hydrogen (secondary N) is 1. The molecule has 3 nitrogen and oxygen atoms in total. The highest BCUT2D eigenvalue weighted by molar-refractivity contribution is 5.76. The third-order valence-electron chi connectivity index (χ3n) is 3.31. The fourth-order valence-electron chi connectivity index (χ4n) is 2.47. The topological polar surface area (TPSA) is 29.9 Å². The molecular formula is C16H23N3. The Morgan fingerprint density at radius 1 is 1.42 bits per heavy atom. The van der Waals surface area contributed by atoms with E-state index < -0.39 is 0 Å². The fraction of sp³-hybridized carbons (Fsp3) is 0.438. The molecule has 2 aromatic rings. The number of hydrogen-bond acceptors (Lipinski definition) is 2. The number of nitrogens with zero attached hydrogens (tertiary/aromatic N) is 2. The van der Waals surface area contributed by atoms with E-state index in [2.05, 4.69) is 54.6 Å².